The summed E-state index contributed by atoms with van der Waals surface area (Å²) < 4.78 is 4.97. The van der Waals surface area contributed by atoms with Crippen molar-refractivity contribution in [1.82, 2.24) is 14.5 Å². The van der Waals surface area contributed by atoms with Gasteiger partial charge in [-0.2, -0.15) is 0 Å². The summed E-state index contributed by atoms with van der Waals surface area (Å²) in [5, 5.41) is 3.72. The van der Waals surface area contributed by atoms with Crippen LogP contribution in [0.3, 0.4) is 0 Å². The summed E-state index contributed by atoms with van der Waals surface area (Å²) in [5.74, 6) is 0. The number of fused-ring (bicyclic) bond motifs is 7. The zero-order chi connectivity index (χ0) is 25.1. The molecular formula is C34H21N3S. The van der Waals surface area contributed by atoms with Crippen LogP contribution in [0.25, 0.3) is 70.3 Å². The number of hydrogen-bond acceptors (Lipinski definition) is 3. The van der Waals surface area contributed by atoms with Gasteiger partial charge in [-0.1, -0.05) is 78.9 Å². The highest BCUT2D eigenvalue weighted by atomic mass is 32.1. The van der Waals surface area contributed by atoms with Gasteiger partial charge < -0.3 is 4.57 Å². The van der Waals surface area contributed by atoms with Crippen molar-refractivity contribution >= 4 is 53.4 Å². The molecule has 3 nitrogen and oxygen atoms in total. The molecule has 0 bridgehead atoms. The molecule has 0 aliphatic heterocycles. The molecular weight excluding hydrogens is 482 g/mol. The molecule has 8 rings (SSSR count). The maximum Gasteiger partial charge on any atom is 0.0963 e. The van der Waals surface area contributed by atoms with Gasteiger partial charge in [0.05, 0.1) is 33.6 Å². The van der Waals surface area contributed by atoms with Crippen molar-refractivity contribution < 1.29 is 0 Å². The van der Waals surface area contributed by atoms with E-state index in [2.05, 4.69) is 108 Å². The molecule has 0 fully saturated rings. The molecule has 178 valence electrons. The van der Waals surface area contributed by atoms with Crippen LogP contribution in [0.1, 0.15) is 0 Å². The van der Waals surface area contributed by atoms with Crippen LogP contribution in [0.2, 0.25) is 0 Å². The Labute approximate surface area is 223 Å². The third-order valence-electron chi connectivity index (χ3n) is 7.23. The summed E-state index contributed by atoms with van der Waals surface area (Å²) in [6, 6.07) is 42.6. The van der Waals surface area contributed by atoms with Gasteiger partial charge in [0.25, 0.3) is 0 Å². The van der Waals surface area contributed by atoms with Crippen LogP contribution < -0.4 is 0 Å². The first kappa shape index (κ1) is 21.3. The highest BCUT2D eigenvalue weighted by molar-refractivity contribution is 7.26. The first-order valence-corrected chi connectivity index (χ1v) is 13.5. The number of rotatable bonds is 3. The number of hydrogen-bond donors (Lipinski definition) is 0. The minimum atomic E-state index is 0.947. The van der Waals surface area contributed by atoms with E-state index in [1.807, 2.05) is 35.7 Å². The van der Waals surface area contributed by atoms with Crippen LogP contribution in [0.15, 0.2) is 128 Å². The van der Waals surface area contributed by atoms with Crippen molar-refractivity contribution in [3.63, 3.8) is 0 Å². The van der Waals surface area contributed by atoms with Gasteiger partial charge in [0.15, 0.2) is 0 Å². The van der Waals surface area contributed by atoms with Crippen LogP contribution >= 0.6 is 11.3 Å². The van der Waals surface area contributed by atoms with E-state index in [0.717, 1.165) is 44.6 Å². The second-order valence-corrected chi connectivity index (χ2v) is 10.6. The molecule has 0 saturated heterocycles. The van der Waals surface area contributed by atoms with Crippen molar-refractivity contribution in [2.24, 2.45) is 0 Å². The Bertz CT molecular complexity index is 2070. The van der Waals surface area contributed by atoms with Crippen molar-refractivity contribution in [1.29, 1.82) is 0 Å². The molecule has 8 aromatic rings. The second-order valence-electron chi connectivity index (χ2n) is 9.47. The van der Waals surface area contributed by atoms with E-state index >= 15 is 0 Å². The predicted molar refractivity (Wildman–Crippen MR) is 160 cm³/mol. The maximum atomic E-state index is 5.12. The summed E-state index contributed by atoms with van der Waals surface area (Å²) in [6.07, 6.45) is 1.89. The van der Waals surface area contributed by atoms with Crippen molar-refractivity contribution in [2.45, 2.75) is 0 Å². The largest absolute Gasteiger partial charge is 0.307 e. The Morgan fingerprint density at radius 2 is 1.26 bits per heavy atom. The average molecular weight is 504 g/mol. The normalized spacial score (nSPS) is 11.7. The zero-order valence-corrected chi connectivity index (χ0v) is 21.2. The molecule has 4 aromatic carbocycles. The summed E-state index contributed by atoms with van der Waals surface area (Å²) in [6.45, 7) is 0. The van der Waals surface area contributed by atoms with Gasteiger partial charge in [0.1, 0.15) is 0 Å². The average Bonchev–Trinajstić information content (AvgIpc) is 3.53. The highest BCUT2D eigenvalue weighted by Gasteiger charge is 2.20. The summed E-state index contributed by atoms with van der Waals surface area (Å²) >= 11 is 1.84. The van der Waals surface area contributed by atoms with E-state index in [0.29, 0.717) is 0 Å². The van der Waals surface area contributed by atoms with Gasteiger partial charge in [-0.3, -0.25) is 4.98 Å². The van der Waals surface area contributed by atoms with E-state index < -0.39 is 0 Å². The Kier molecular flexibility index (Phi) is 4.69. The fourth-order valence-corrected chi connectivity index (χ4v) is 6.66. The number of aromatic nitrogens is 3. The van der Waals surface area contributed by atoms with Gasteiger partial charge in [-0.25, -0.2) is 4.98 Å². The fourth-order valence-electron chi connectivity index (χ4n) is 5.55. The molecule has 0 radical (unpaired) electrons. The number of nitrogens with zero attached hydrogens (tertiary/aromatic N) is 3. The quantitative estimate of drug-likeness (QED) is 0.240. The molecule has 4 heterocycles. The van der Waals surface area contributed by atoms with Gasteiger partial charge in [-0.05, 0) is 42.5 Å². The van der Waals surface area contributed by atoms with Gasteiger partial charge in [0, 0.05) is 42.9 Å². The molecule has 0 saturated carbocycles. The van der Waals surface area contributed by atoms with E-state index in [9.17, 15) is 0 Å². The maximum absolute atomic E-state index is 5.12. The lowest BCUT2D eigenvalue weighted by atomic mass is 10.1. The first-order valence-electron chi connectivity index (χ1n) is 12.7. The lowest BCUT2D eigenvalue weighted by molar-refractivity contribution is 1.16. The zero-order valence-electron chi connectivity index (χ0n) is 20.4. The molecule has 4 heteroatoms. The molecule has 0 aliphatic rings. The minimum Gasteiger partial charge on any atom is -0.307 e. The molecule has 0 aliphatic carbocycles. The molecule has 0 N–H and O–H groups in total. The van der Waals surface area contributed by atoms with Gasteiger partial charge in [-0.15, -0.1) is 11.3 Å². The lowest BCUT2D eigenvalue weighted by Gasteiger charge is -2.13. The molecule has 0 amide bonds. The molecule has 0 atom stereocenters. The Morgan fingerprint density at radius 1 is 0.579 bits per heavy atom. The Morgan fingerprint density at radius 3 is 2.00 bits per heavy atom. The third kappa shape index (κ3) is 3.21. The van der Waals surface area contributed by atoms with Crippen LogP contribution in [0.5, 0.6) is 0 Å². The van der Waals surface area contributed by atoms with E-state index in [1.54, 1.807) is 0 Å². The predicted octanol–water partition coefficient (Wildman–Crippen LogP) is 9.28. The van der Waals surface area contributed by atoms with Crippen LogP contribution in [-0.4, -0.2) is 14.5 Å². The molecule has 0 unspecified atom stereocenters. The standard InChI is InChI=1S/C34H21N3S/c1-3-10-22(11-4-1)27-20-24(21-28(36-27)23-12-5-2-6-13-23)37-29-15-9-19-35-33(29)26-17-18-31-32(34(26)37)25-14-7-8-16-30(25)38-31/h1-21H. The number of pyridine rings is 2. The topological polar surface area (TPSA) is 30.7 Å². The number of thiophene rings is 1. The smallest absolute Gasteiger partial charge is 0.0963 e. The number of benzene rings is 4. The lowest BCUT2D eigenvalue weighted by Crippen LogP contribution is -1.98. The minimum absolute atomic E-state index is 0.947. The van der Waals surface area contributed by atoms with Crippen molar-refractivity contribution in [3.05, 3.63) is 128 Å². The third-order valence-corrected chi connectivity index (χ3v) is 8.37. The fraction of sp³-hybridized carbons (Fsp3) is 0. The Balaban J connectivity index is 1.54. The van der Waals surface area contributed by atoms with E-state index in [1.165, 1.54) is 25.7 Å². The Hall–Kier alpha value is -4.80. The van der Waals surface area contributed by atoms with Crippen LogP contribution in [0.4, 0.5) is 0 Å². The SMILES string of the molecule is c1ccc(-c2cc(-n3c4cccnc4c4ccc5sc6ccccc6c5c43)cc(-c3ccccc3)n2)cc1. The van der Waals surface area contributed by atoms with Crippen LogP contribution in [-0.2, 0) is 0 Å². The van der Waals surface area contributed by atoms with Crippen LogP contribution in [0, 0.1) is 0 Å². The van der Waals surface area contributed by atoms with E-state index in [-0.39, 0.29) is 0 Å². The van der Waals surface area contributed by atoms with E-state index in [4.69, 9.17) is 9.97 Å². The van der Waals surface area contributed by atoms with Crippen molar-refractivity contribution in [2.75, 3.05) is 0 Å². The molecule has 0 spiro atoms. The summed E-state index contributed by atoms with van der Waals surface area (Å²) in [7, 11) is 0. The van der Waals surface area contributed by atoms with Gasteiger partial charge >= 0.3 is 0 Å². The molecule has 4 aromatic heterocycles. The highest BCUT2D eigenvalue weighted by Crippen LogP contribution is 2.43. The van der Waals surface area contributed by atoms with Gasteiger partial charge in [0.2, 0.25) is 0 Å². The summed E-state index contributed by atoms with van der Waals surface area (Å²) in [4.78, 5) is 9.97. The summed E-state index contributed by atoms with van der Waals surface area (Å²) in [5.41, 5.74) is 8.46. The second kappa shape index (κ2) is 8.37. The van der Waals surface area contributed by atoms with Crippen molar-refractivity contribution in [3.8, 4) is 28.2 Å². The monoisotopic (exact) mass is 503 g/mol. The molecule has 38 heavy (non-hydrogen) atoms. The first-order chi connectivity index (χ1) is 18.8.